The summed E-state index contributed by atoms with van der Waals surface area (Å²) in [6.45, 7) is 8.49. The minimum atomic E-state index is -0.447. The van der Waals surface area contributed by atoms with E-state index in [1.54, 1.807) is 0 Å². The number of rotatable bonds is 5. The molecule has 1 atom stereocenters. The molecule has 26 heavy (non-hydrogen) atoms. The van der Waals surface area contributed by atoms with Gasteiger partial charge in [0.25, 0.3) is 5.91 Å². The summed E-state index contributed by atoms with van der Waals surface area (Å²) < 4.78 is 6.37. The molecule has 3 aliphatic rings. The van der Waals surface area contributed by atoms with E-state index in [0.717, 1.165) is 45.4 Å². The number of piperidine rings is 1. The van der Waals surface area contributed by atoms with Crippen LogP contribution >= 0.6 is 0 Å². The topological polar surface area (TPSA) is 32.8 Å². The van der Waals surface area contributed by atoms with Crippen molar-refractivity contribution in [3.8, 4) is 0 Å². The Balaban J connectivity index is 1.30. The molecule has 1 aliphatic carbocycles. The van der Waals surface area contributed by atoms with Gasteiger partial charge in [0.15, 0.2) is 0 Å². The van der Waals surface area contributed by atoms with Crippen molar-refractivity contribution in [2.75, 3.05) is 26.2 Å². The first kappa shape index (κ1) is 18.0. The second-order valence-corrected chi connectivity index (χ2v) is 8.62. The summed E-state index contributed by atoms with van der Waals surface area (Å²) in [6, 6.07) is 11.0. The average Bonchev–Trinajstić information content (AvgIpc) is 3.44. The number of amides is 1. The number of nitrogens with zero attached hydrogens (tertiary/aromatic N) is 2. The van der Waals surface area contributed by atoms with Crippen LogP contribution < -0.4 is 0 Å². The number of carbonyl (C=O) groups excluding carboxylic acids is 1. The highest BCUT2D eigenvalue weighted by Crippen LogP contribution is 2.47. The van der Waals surface area contributed by atoms with E-state index >= 15 is 0 Å². The fraction of sp³-hybridized carbons (Fsp3) is 0.682. The lowest BCUT2D eigenvalue weighted by atomic mass is 9.89. The molecule has 1 saturated carbocycles. The van der Waals surface area contributed by atoms with Crippen molar-refractivity contribution in [3.05, 3.63) is 35.9 Å². The number of ether oxygens (including phenoxy) is 1. The maximum atomic E-state index is 12.6. The van der Waals surface area contributed by atoms with E-state index < -0.39 is 5.60 Å². The Labute approximate surface area is 157 Å². The molecule has 1 aromatic carbocycles. The van der Waals surface area contributed by atoms with Gasteiger partial charge in [0.05, 0.1) is 6.10 Å². The van der Waals surface area contributed by atoms with Gasteiger partial charge in [0, 0.05) is 19.1 Å². The molecule has 1 aromatic rings. The Kier molecular flexibility index (Phi) is 5.07. The van der Waals surface area contributed by atoms with Gasteiger partial charge >= 0.3 is 0 Å². The molecule has 142 valence electrons. The number of hydrogen-bond donors (Lipinski definition) is 0. The lowest BCUT2D eigenvalue weighted by Gasteiger charge is -2.45. The number of hydrogen-bond acceptors (Lipinski definition) is 3. The summed E-state index contributed by atoms with van der Waals surface area (Å²) in [6.07, 6.45) is 5.58. The Bertz CT molecular complexity index is 618. The quantitative estimate of drug-likeness (QED) is 0.813. The average molecular weight is 357 g/mol. The van der Waals surface area contributed by atoms with E-state index in [1.165, 1.54) is 18.4 Å². The van der Waals surface area contributed by atoms with Crippen LogP contribution in [0.1, 0.15) is 45.1 Å². The van der Waals surface area contributed by atoms with Crippen LogP contribution in [-0.2, 0) is 16.0 Å². The Hall–Kier alpha value is -1.39. The van der Waals surface area contributed by atoms with Gasteiger partial charge in [0.2, 0.25) is 0 Å². The van der Waals surface area contributed by atoms with Crippen molar-refractivity contribution in [2.24, 2.45) is 5.92 Å². The molecule has 2 saturated heterocycles. The van der Waals surface area contributed by atoms with Gasteiger partial charge in [-0.15, -0.1) is 0 Å². The summed E-state index contributed by atoms with van der Waals surface area (Å²) >= 11 is 0. The molecule has 4 rings (SSSR count). The summed E-state index contributed by atoms with van der Waals surface area (Å²) in [7, 11) is 0. The van der Waals surface area contributed by atoms with Crippen molar-refractivity contribution in [2.45, 2.75) is 63.7 Å². The van der Waals surface area contributed by atoms with Crippen molar-refractivity contribution >= 4 is 5.91 Å². The van der Waals surface area contributed by atoms with E-state index in [9.17, 15) is 4.79 Å². The third-order valence-electron chi connectivity index (χ3n) is 6.45. The molecule has 0 aromatic heterocycles. The van der Waals surface area contributed by atoms with Gasteiger partial charge in [0.1, 0.15) is 5.60 Å². The van der Waals surface area contributed by atoms with Crippen molar-refractivity contribution in [1.82, 2.24) is 9.80 Å². The highest BCUT2D eigenvalue weighted by atomic mass is 16.5. The standard InChI is InChI=1S/C22H32N2O2/c1-17(2)24-16-20(26-22(11-12-22)21(24)25)19-9-14-23(15-10-19)13-8-18-6-4-3-5-7-18/h3-7,17,19-20H,8-16H2,1-2H3. The molecule has 1 unspecified atom stereocenters. The van der Waals surface area contributed by atoms with E-state index in [-0.39, 0.29) is 18.1 Å². The van der Waals surface area contributed by atoms with Crippen LogP contribution in [0.5, 0.6) is 0 Å². The van der Waals surface area contributed by atoms with Crippen molar-refractivity contribution in [1.29, 1.82) is 0 Å². The van der Waals surface area contributed by atoms with Gasteiger partial charge in [-0.3, -0.25) is 4.79 Å². The maximum absolute atomic E-state index is 12.6. The van der Waals surface area contributed by atoms with E-state index in [0.29, 0.717) is 5.92 Å². The molecule has 4 heteroatoms. The largest absolute Gasteiger partial charge is 0.360 e. The lowest BCUT2D eigenvalue weighted by Crippen LogP contribution is -2.58. The zero-order valence-electron chi connectivity index (χ0n) is 16.2. The molecule has 2 heterocycles. The first-order chi connectivity index (χ1) is 12.6. The van der Waals surface area contributed by atoms with Crippen LogP contribution in [0.25, 0.3) is 0 Å². The van der Waals surface area contributed by atoms with Crippen molar-refractivity contribution < 1.29 is 9.53 Å². The molecular weight excluding hydrogens is 324 g/mol. The maximum Gasteiger partial charge on any atom is 0.255 e. The van der Waals surface area contributed by atoms with Gasteiger partial charge in [-0.2, -0.15) is 0 Å². The third kappa shape index (κ3) is 3.67. The number of carbonyl (C=O) groups is 1. The molecule has 1 spiro atoms. The zero-order valence-corrected chi connectivity index (χ0v) is 16.2. The summed E-state index contributed by atoms with van der Waals surface area (Å²) in [5.41, 5.74) is 0.976. The van der Waals surface area contributed by atoms with Crippen molar-refractivity contribution in [3.63, 3.8) is 0 Å². The molecule has 0 bridgehead atoms. The zero-order chi connectivity index (χ0) is 18.1. The van der Waals surface area contributed by atoms with Gasteiger partial charge < -0.3 is 14.5 Å². The predicted molar refractivity (Wildman–Crippen MR) is 103 cm³/mol. The third-order valence-corrected chi connectivity index (χ3v) is 6.45. The van der Waals surface area contributed by atoms with Gasteiger partial charge in [-0.05, 0) is 70.5 Å². The van der Waals surface area contributed by atoms with E-state index in [4.69, 9.17) is 4.74 Å². The van der Waals surface area contributed by atoms with Crippen LogP contribution in [0.2, 0.25) is 0 Å². The van der Waals surface area contributed by atoms with Crippen LogP contribution in [0.3, 0.4) is 0 Å². The Morgan fingerprint density at radius 3 is 2.46 bits per heavy atom. The first-order valence-electron chi connectivity index (χ1n) is 10.3. The lowest BCUT2D eigenvalue weighted by molar-refractivity contribution is -0.177. The van der Waals surface area contributed by atoms with Crippen LogP contribution in [0.15, 0.2) is 30.3 Å². The highest BCUT2D eigenvalue weighted by Gasteiger charge is 2.58. The second kappa shape index (κ2) is 7.32. The smallest absolute Gasteiger partial charge is 0.255 e. The monoisotopic (exact) mass is 356 g/mol. The summed E-state index contributed by atoms with van der Waals surface area (Å²) in [4.78, 5) is 17.3. The minimum absolute atomic E-state index is 0.230. The Morgan fingerprint density at radius 1 is 1.15 bits per heavy atom. The van der Waals surface area contributed by atoms with E-state index in [1.807, 2.05) is 0 Å². The predicted octanol–water partition coefficient (Wildman–Crippen LogP) is 3.11. The van der Waals surface area contributed by atoms with Gasteiger partial charge in [-0.25, -0.2) is 0 Å². The molecule has 2 aliphatic heterocycles. The molecule has 3 fully saturated rings. The first-order valence-corrected chi connectivity index (χ1v) is 10.3. The molecular formula is C22H32N2O2. The van der Waals surface area contributed by atoms with Gasteiger partial charge in [-0.1, -0.05) is 30.3 Å². The second-order valence-electron chi connectivity index (χ2n) is 8.62. The molecule has 1 amide bonds. The Morgan fingerprint density at radius 2 is 1.85 bits per heavy atom. The molecule has 0 N–H and O–H groups in total. The molecule has 0 radical (unpaired) electrons. The number of morpholine rings is 1. The van der Waals surface area contributed by atoms with Crippen LogP contribution in [0.4, 0.5) is 0 Å². The van der Waals surface area contributed by atoms with Crippen LogP contribution in [0, 0.1) is 5.92 Å². The normalized spacial score (nSPS) is 26.7. The fourth-order valence-electron chi connectivity index (χ4n) is 4.53. The number of benzene rings is 1. The minimum Gasteiger partial charge on any atom is -0.360 e. The summed E-state index contributed by atoms with van der Waals surface area (Å²) in [5.74, 6) is 0.832. The molecule has 4 nitrogen and oxygen atoms in total. The van der Waals surface area contributed by atoms with Crippen LogP contribution in [-0.4, -0.2) is 59.6 Å². The fourth-order valence-corrected chi connectivity index (χ4v) is 4.53. The SMILES string of the molecule is CC(C)N1CC(C2CCN(CCc3ccccc3)CC2)OC2(CC2)C1=O. The number of likely N-dealkylation sites (tertiary alicyclic amines) is 1. The summed E-state index contributed by atoms with van der Waals surface area (Å²) in [5, 5.41) is 0. The highest BCUT2D eigenvalue weighted by molar-refractivity contribution is 5.89. The van der Waals surface area contributed by atoms with E-state index in [2.05, 4.69) is 54.0 Å².